The first-order valence-corrected chi connectivity index (χ1v) is 8.80. The summed E-state index contributed by atoms with van der Waals surface area (Å²) in [5, 5.41) is 17.7. The average molecular weight is 334 g/mol. The standard InChI is InChI=1S/C17H26N4O3/c1-10(2)12-4-6-13(7-5-12)16(22)21-9-15-19-18-11(3)20(15)8-14(21)17(23)24/h10,12-14H,4-9H2,1-3H3,(H,23,24). The molecular weight excluding hydrogens is 308 g/mol. The molecule has 0 aromatic carbocycles. The Morgan fingerprint density at radius 3 is 2.42 bits per heavy atom. The molecule has 1 N–H and O–H groups in total. The maximum absolute atomic E-state index is 13.0. The van der Waals surface area contributed by atoms with Gasteiger partial charge in [0.2, 0.25) is 5.91 Å². The second kappa shape index (κ2) is 6.53. The molecule has 1 aromatic heterocycles. The van der Waals surface area contributed by atoms with Crippen LogP contribution in [0.15, 0.2) is 0 Å². The second-order valence-corrected chi connectivity index (χ2v) is 7.45. The number of carbonyl (C=O) groups is 2. The molecule has 1 aliphatic heterocycles. The Balaban J connectivity index is 1.75. The van der Waals surface area contributed by atoms with E-state index in [1.807, 2.05) is 0 Å². The Morgan fingerprint density at radius 2 is 1.83 bits per heavy atom. The zero-order chi connectivity index (χ0) is 17.4. The van der Waals surface area contributed by atoms with Crippen molar-refractivity contribution in [1.29, 1.82) is 0 Å². The van der Waals surface area contributed by atoms with Gasteiger partial charge in [-0.05, 0) is 44.4 Å². The van der Waals surface area contributed by atoms with E-state index in [0.717, 1.165) is 25.7 Å². The van der Waals surface area contributed by atoms with Gasteiger partial charge in [-0.2, -0.15) is 0 Å². The van der Waals surface area contributed by atoms with E-state index in [2.05, 4.69) is 24.0 Å². The molecule has 0 spiro atoms. The summed E-state index contributed by atoms with van der Waals surface area (Å²) in [6, 6.07) is -0.831. The lowest BCUT2D eigenvalue weighted by molar-refractivity contribution is -0.155. The number of hydrogen-bond donors (Lipinski definition) is 1. The summed E-state index contributed by atoms with van der Waals surface area (Å²) in [6.45, 7) is 6.73. The first-order chi connectivity index (χ1) is 11.4. The fourth-order valence-electron chi connectivity index (χ4n) is 4.02. The maximum atomic E-state index is 13.0. The molecule has 1 unspecified atom stereocenters. The van der Waals surface area contributed by atoms with Crippen LogP contribution in [0.3, 0.4) is 0 Å². The topological polar surface area (TPSA) is 88.3 Å². The first kappa shape index (κ1) is 16.9. The van der Waals surface area contributed by atoms with E-state index in [1.54, 1.807) is 11.5 Å². The Bertz CT molecular complexity index is 632. The average Bonchev–Trinajstić information content (AvgIpc) is 2.93. The zero-order valence-electron chi connectivity index (χ0n) is 14.6. The lowest BCUT2D eigenvalue weighted by atomic mass is 9.76. The van der Waals surface area contributed by atoms with Crippen LogP contribution in [0, 0.1) is 24.7 Å². The molecule has 1 atom stereocenters. The van der Waals surface area contributed by atoms with Crippen molar-refractivity contribution in [2.45, 2.75) is 65.6 Å². The lowest BCUT2D eigenvalue weighted by Gasteiger charge is -2.38. The van der Waals surface area contributed by atoms with Crippen molar-refractivity contribution in [2.75, 3.05) is 0 Å². The van der Waals surface area contributed by atoms with Crippen LogP contribution in [0.1, 0.15) is 51.2 Å². The normalized spacial score (nSPS) is 27.2. The minimum Gasteiger partial charge on any atom is -0.480 e. The molecule has 1 aliphatic carbocycles. The monoisotopic (exact) mass is 334 g/mol. The van der Waals surface area contributed by atoms with Crippen molar-refractivity contribution in [1.82, 2.24) is 19.7 Å². The van der Waals surface area contributed by atoms with Gasteiger partial charge in [0, 0.05) is 5.92 Å². The summed E-state index contributed by atoms with van der Waals surface area (Å²) in [5.74, 6) is 1.64. The van der Waals surface area contributed by atoms with Crippen molar-refractivity contribution in [3.63, 3.8) is 0 Å². The number of carbonyl (C=O) groups excluding carboxylic acids is 1. The third kappa shape index (κ3) is 3.03. The van der Waals surface area contributed by atoms with Crippen LogP contribution in [0.25, 0.3) is 0 Å². The number of carboxylic acid groups (broad SMARTS) is 1. The van der Waals surface area contributed by atoms with Gasteiger partial charge in [0.25, 0.3) is 0 Å². The Morgan fingerprint density at radius 1 is 1.17 bits per heavy atom. The fraction of sp³-hybridized carbons (Fsp3) is 0.765. The molecule has 132 valence electrons. The molecule has 0 radical (unpaired) electrons. The number of carboxylic acids is 1. The van der Waals surface area contributed by atoms with Gasteiger partial charge in [0.1, 0.15) is 11.9 Å². The van der Waals surface area contributed by atoms with Crippen molar-refractivity contribution < 1.29 is 14.7 Å². The van der Waals surface area contributed by atoms with Crippen molar-refractivity contribution in [3.05, 3.63) is 11.6 Å². The van der Waals surface area contributed by atoms with Crippen LogP contribution in [0.2, 0.25) is 0 Å². The van der Waals surface area contributed by atoms with Crippen LogP contribution >= 0.6 is 0 Å². The molecule has 0 saturated heterocycles. The van der Waals surface area contributed by atoms with E-state index in [1.165, 1.54) is 4.90 Å². The highest BCUT2D eigenvalue weighted by Gasteiger charge is 2.39. The largest absolute Gasteiger partial charge is 0.480 e. The van der Waals surface area contributed by atoms with E-state index in [9.17, 15) is 14.7 Å². The minimum absolute atomic E-state index is 0.0310. The molecule has 7 nitrogen and oxygen atoms in total. The van der Waals surface area contributed by atoms with Gasteiger partial charge in [-0.15, -0.1) is 10.2 Å². The van der Waals surface area contributed by atoms with Crippen LogP contribution in [0.4, 0.5) is 0 Å². The predicted molar refractivity (Wildman–Crippen MR) is 87.0 cm³/mol. The van der Waals surface area contributed by atoms with Gasteiger partial charge in [0.15, 0.2) is 5.82 Å². The highest BCUT2D eigenvalue weighted by molar-refractivity contribution is 5.85. The van der Waals surface area contributed by atoms with Crippen LogP contribution in [-0.4, -0.2) is 42.7 Å². The van der Waals surface area contributed by atoms with Gasteiger partial charge >= 0.3 is 5.97 Å². The summed E-state index contributed by atoms with van der Waals surface area (Å²) in [7, 11) is 0. The molecule has 1 saturated carbocycles. The molecule has 3 rings (SSSR count). The third-order valence-electron chi connectivity index (χ3n) is 5.69. The zero-order valence-corrected chi connectivity index (χ0v) is 14.6. The number of hydrogen-bond acceptors (Lipinski definition) is 4. The van der Waals surface area contributed by atoms with Crippen molar-refractivity contribution in [2.24, 2.45) is 17.8 Å². The second-order valence-electron chi connectivity index (χ2n) is 7.45. The smallest absolute Gasteiger partial charge is 0.328 e. The number of aryl methyl sites for hydroxylation is 1. The summed E-state index contributed by atoms with van der Waals surface area (Å²) in [6.07, 6.45) is 3.82. The quantitative estimate of drug-likeness (QED) is 0.911. The molecule has 7 heteroatoms. The minimum atomic E-state index is -0.960. The molecule has 2 aliphatic rings. The molecule has 1 amide bonds. The number of amides is 1. The van der Waals surface area contributed by atoms with Gasteiger partial charge in [-0.3, -0.25) is 4.79 Å². The van der Waals surface area contributed by atoms with E-state index in [0.29, 0.717) is 23.5 Å². The summed E-state index contributed by atoms with van der Waals surface area (Å²) in [4.78, 5) is 26.2. The number of nitrogens with zero attached hydrogens (tertiary/aromatic N) is 4. The van der Waals surface area contributed by atoms with Crippen molar-refractivity contribution in [3.8, 4) is 0 Å². The molecule has 24 heavy (non-hydrogen) atoms. The summed E-state index contributed by atoms with van der Waals surface area (Å²) < 4.78 is 1.80. The lowest BCUT2D eigenvalue weighted by Crippen LogP contribution is -2.52. The van der Waals surface area contributed by atoms with E-state index in [4.69, 9.17) is 0 Å². The Labute approximate surface area is 142 Å². The number of rotatable bonds is 3. The Hall–Kier alpha value is -1.92. The molecule has 0 bridgehead atoms. The van der Waals surface area contributed by atoms with Crippen LogP contribution < -0.4 is 0 Å². The van der Waals surface area contributed by atoms with Crippen molar-refractivity contribution >= 4 is 11.9 Å². The van der Waals surface area contributed by atoms with E-state index < -0.39 is 12.0 Å². The van der Waals surface area contributed by atoms with Crippen LogP contribution in [-0.2, 0) is 22.7 Å². The molecule has 2 heterocycles. The fourth-order valence-corrected chi connectivity index (χ4v) is 4.02. The highest BCUT2D eigenvalue weighted by Crippen LogP contribution is 2.35. The SMILES string of the molecule is Cc1nnc2n1CC(C(=O)O)N(C(=O)C1CCC(C(C)C)CC1)C2. The Kier molecular flexibility index (Phi) is 4.60. The van der Waals surface area contributed by atoms with Gasteiger partial charge < -0.3 is 14.6 Å². The van der Waals surface area contributed by atoms with Gasteiger partial charge in [0.05, 0.1) is 13.1 Å². The molecule has 1 aromatic rings. The summed E-state index contributed by atoms with van der Waals surface area (Å²) >= 11 is 0. The number of aromatic nitrogens is 3. The summed E-state index contributed by atoms with van der Waals surface area (Å²) in [5.41, 5.74) is 0. The van der Waals surface area contributed by atoms with E-state index in [-0.39, 0.29) is 24.9 Å². The molecular formula is C17H26N4O3. The van der Waals surface area contributed by atoms with Gasteiger partial charge in [-0.25, -0.2) is 4.79 Å². The third-order valence-corrected chi connectivity index (χ3v) is 5.69. The van der Waals surface area contributed by atoms with Gasteiger partial charge in [-0.1, -0.05) is 13.8 Å². The first-order valence-electron chi connectivity index (χ1n) is 8.80. The maximum Gasteiger partial charge on any atom is 0.328 e. The molecule has 1 fully saturated rings. The number of fused-ring (bicyclic) bond motifs is 1. The van der Waals surface area contributed by atoms with E-state index >= 15 is 0 Å². The van der Waals surface area contributed by atoms with Crippen LogP contribution in [0.5, 0.6) is 0 Å². The predicted octanol–water partition coefficient (Wildman–Crippen LogP) is 1.84. The highest BCUT2D eigenvalue weighted by atomic mass is 16.4. The number of aliphatic carboxylic acids is 1.